The number of likely N-dealkylation sites (N-methyl/N-ethyl adjacent to an activating group) is 1. The quantitative estimate of drug-likeness (QED) is 0.759. The van der Waals surface area contributed by atoms with E-state index in [-0.39, 0.29) is 5.54 Å². The van der Waals surface area contributed by atoms with Crippen molar-refractivity contribution in [2.75, 3.05) is 33.2 Å². The van der Waals surface area contributed by atoms with Gasteiger partial charge >= 0.3 is 0 Å². The second-order valence-corrected chi connectivity index (χ2v) is 5.94. The predicted octanol–water partition coefficient (Wildman–Crippen LogP) is 0.996. The lowest BCUT2D eigenvalue weighted by atomic mass is 9.93. The number of nitrogens with zero attached hydrogens (tertiary/aromatic N) is 2. The molecule has 1 aliphatic heterocycles. The Hall–Kier alpha value is -0.120. The highest BCUT2D eigenvalue weighted by Gasteiger charge is 2.37. The maximum absolute atomic E-state index is 5.88. The van der Waals surface area contributed by atoms with Crippen LogP contribution in [0.2, 0.25) is 0 Å². The summed E-state index contributed by atoms with van der Waals surface area (Å²) in [5, 5.41) is 0. The Kier molecular flexibility index (Phi) is 4.15. The summed E-state index contributed by atoms with van der Waals surface area (Å²) < 4.78 is 0. The fourth-order valence-electron chi connectivity index (χ4n) is 2.76. The van der Waals surface area contributed by atoms with E-state index in [0.717, 1.165) is 26.2 Å². The molecule has 3 nitrogen and oxygen atoms in total. The van der Waals surface area contributed by atoms with Crippen molar-refractivity contribution in [3.63, 3.8) is 0 Å². The van der Waals surface area contributed by atoms with E-state index in [1.54, 1.807) is 0 Å². The summed E-state index contributed by atoms with van der Waals surface area (Å²) >= 11 is 0. The number of hydrogen-bond donors (Lipinski definition) is 1. The van der Waals surface area contributed by atoms with Crippen LogP contribution >= 0.6 is 0 Å². The molecule has 1 rings (SSSR count). The molecule has 0 amide bonds. The minimum Gasteiger partial charge on any atom is -0.329 e. The Bertz CT molecular complexity index is 201. The van der Waals surface area contributed by atoms with Crippen molar-refractivity contribution in [1.82, 2.24) is 9.80 Å². The molecule has 1 fully saturated rings. The molecule has 2 N–H and O–H groups in total. The van der Waals surface area contributed by atoms with Gasteiger partial charge in [-0.25, -0.2) is 0 Å². The molecule has 1 unspecified atom stereocenters. The van der Waals surface area contributed by atoms with Crippen LogP contribution in [0.5, 0.6) is 0 Å². The second-order valence-electron chi connectivity index (χ2n) is 5.94. The number of piperazine rings is 1. The molecule has 90 valence electrons. The van der Waals surface area contributed by atoms with Gasteiger partial charge in [0.15, 0.2) is 0 Å². The van der Waals surface area contributed by atoms with Crippen LogP contribution in [0.3, 0.4) is 0 Å². The Balaban J connectivity index is 2.76. The minimum absolute atomic E-state index is 0.251. The summed E-state index contributed by atoms with van der Waals surface area (Å²) in [6.45, 7) is 13.4. The van der Waals surface area contributed by atoms with Gasteiger partial charge < -0.3 is 10.6 Å². The molecule has 1 heterocycles. The van der Waals surface area contributed by atoms with E-state index in [2.05, 4.69) is 44.5 Å². The first-order chi connectivity index (χ1) is 6.86. The average Bonchev–Trinajstić information content (AvgIpc) is 2.07. The van der Waals surface area contributed by atoms with Gasteiger partial charge in [-0.15, -0.1) is 0 Å². The molecule has 1 atom stereocenters. The largest absolute Gasteiger partial charge is 0.329 e. The van der Waals surface area contributed by atoms with Crippen molar-refractivity contribution in [2.24, 2.45) is 11.7 Å². The maximum Gasteiger partial charge on any atom is 0.0351 e. The summed E-state index contributed by atoms with van der Waals surface area (Å²) in [5.41, 5.74) is 6.14. The van der Waals surface area contributed by atoms with E-state index < -0.39 is 0 Å². The fourth-order valence-corrected chi connectivity index (χ4v) is 2.76. The fraction of sp³-hybridized carbons (Fsp3) is 1.00. The van der Waals surface area contributed by atoms with Crippen LogP contribution in [0.4, 0.5) is 0 Å². The summed E-state index contributed by atoms with van der Waals surface area (Å²) in [7, 11) is 2.19. The molecule has 0 aliphatic carbocycles. The first-order valence-electron chi connectivity index (χ1n) is 6.02. The van der Waals surface area contributed by atoms with Crippen molar-refractivity contribution in [1.29, 1.82) is 0 Å². The van der Waals surface area contributed by atoms with Crippen LogP contribution in [-0.4, -0.2) is 54.6 Å². The van der Waals surface area contributed by atoms with Crippen molar-refractivity contribution in [2.45, 2.75) is 39.3 Å². The van der Waals surface area contributed by atoms with Crippen molar-refractivity contribution >= 4 is 0 Å². The van der Waals surface area contributed by atoms with Crippen LogP contribution in [0.15, 0.2) is 0 Å². The minimum atomic E-state index is 0.251. The molecule has 0 radical (unpaired) electrons. The van der Waals surface area contributed by atoms with Crippen LogP contribution in [0.25, 0.3) is 0 Å². The summed E-state index contributed by atoms with van der Waals surface area (Å²) in [6, 6.07) is 0.515. The molecule has 1 aliphatic rings. The first kappa shape index (κ1) is 12.9. The highest BCUT2D eigenvalue weighted by molar-refractivity contribution is 4.95. The zero-order chi connectivity index (χ0) is 11.6. The maximum atomic E-state index is 5.88. The van der Waals surface area contributed by atoms with Gasteiger partial charge in [-0.1, -0.05) is 13.8 Å². The lowest BCUT2D eigenvalue weighted by Gasteiger charge is -2.51. The average molecular weight is 213 g/mol. The van der Waals surface area contributed by atoms with Gasteiger partial charge in [0.2, 0.25) is 0 Å². The van der Waals surface area contributed by atoms with Crippen LogP contribution in [0.1, 0.15) is 27.7 Å². The summed E-state index contributed by atoms with van der Waals surface area (Å²) in [6.07, 6.45) is 0. The zero-order valence-corrected chi connectivity index (χ0v) is 11.0. The Labute approximate surface area is 94.6 Å². The topological polar surface area (TPSA) is 32.5 Å². The molecule has 1 saturated heterocycles. The van der Waals surface area contributed by atoms with Crippen LogP contribution in [-0.2, 0) is 0 Å². The smallest absolute Gasteiger partial charge is 0.0351 e. The summed E-state index contributed by atoms with van der Waals surface area (Å²) in [5.74, 6) is 0.710. The van der Waals surface area contributed by atoms with E-state index in [1.807, 2.05) is 0 Å². The summed E-state index contributed by atoms with van der Waals surface area (Å²) in [4.78, 5) is 4.99. The van der Waals surface area contributed by atoms with Gasteiger partial charge in [0.1, 0.15) is 0 Å². The Morgan fingerprint density at radius 3 is 2.47 bits per heavy atom. The molecular weight excluding hydrogens is 186 g/mol. The van der Waals surface area contributed by atoms with Gasteiger partial charge in [0.05, 0.1) is 0 Å². The normalized spacial score (nSPS) is 28.6. The lowest BCUT2D eigenvalue weighted by Crippen LogP contribution is -2.65. The van der Waals surface area contributed by atoms with E-state index >= 15 is 0 Å². The molecule has 3 heteroatoms. The highest BCUT2D eigenvalue weighted by Crippen LogP contribution is 2.25. The third-order valence-corrected chi connectivity index (χ3v) is 3.23. The third-order valence-electron chi connectivity index (χ3n) is 3.23. The van der Waals surface area contributed by atoms with E-state index in [1.165, 1.54) is 0 Å². The van der Waals surface area contributed by atoms with Crippen molar-refractivity contribution in [3.05, 3.63) is 0 Å². The molecular formula is C12H27N3. The SMILES string of the molecule is CC(C)CN1C(CN)CN(C)CC1(C)C. The van der Waals surface area contributed by atoms with E-state index in [9.17, 15) is 0 Å². The van der Waals surface area contributed by atoms with Crippen molar-refractivity contribution in [3.8, 4) is 0 Å². The predicted molar refractivity (Wildman–Crippen MR) is 66.0 cm³/mol. The molecule has 0 bridgehead atoms. The molecule has 0 saturated carbocycles. The molecule has 15 heavy (non-hydrogen) atoms. The van der Waals surface area contributed by atoms with E-state index in [0.29, 0.717) is 12.0 Å². The van der Waals surface area contributed by atoms with Crippen LogP contribution < -0.4 is 5.73 Å². The highest BCUT2D eigenvalue weighted by atomic mass is 15.3. The third kappa shape index (κ3) is 3.16. The van der Waals surface area contributed by atoms with Gasteiger partial charge in [-0.05, 0) is 26.8 Å². The standard InChI is InChI=1S/C12H27N3/c1-10(2)7-15-11(6-13)8-14(5)9-12(15,3)4/h10-11H,6-9,13H2,1-5H3. The number of nitrogens with two attached hydrogens (primary N) is 1. The number of rotatable bonds is 3. The van der Waals surface area contributed by atoms with E-state index in [4.69, 9.17) is 5.73 Å². The Morgan fingerprint density at radius 1 is 1.40 bits per heavy atom. The van der Waals surface area contributed by atoms with Gasteiger partial charge in [0, 0.05) is 37.8 Å². The number of hydrogen-bond acceptors (Lipinski definition) is 3. The zero-order valence-electron chi connectivity index (χ0n) is 11.0. The molecule has 0 aromatic heterocycles. The van der Waals surface area contributed by atoms with Gasteiger partial charge in [0.25, 0.3) is 0 Å². The molecule has 0 aromatic rings. The van der Waals surface area contributed by atoms with Gasteiger partial charge in [-0.3, -0.25) is 4.90 Å². The van der Waals surface area contributed by atoms with Crippen LogP contribution in [0, 0.1) is 5.92 Å². The van der Waals surface area contributed by atoms with Gasteiger partial charge in [-0.2, -0.15) is 0 Å². The molecule has 0 spiro atoms. The first-order valence-corrected chi connectivity index (χ1v) is 6.02. The van der Waals surface area contributed by atoms with Crippen molar-refractivity contribution < 1.29 is 0 Å². The second kappa shape index (κ2) is 4.81. The Morgan fingerprint density at radius 2 is 2.00 bits per heavy atom. The molecule has 0 aromatic carbocycles. The monoisotopic (exact) mass is 213 g/mol. The lowest BCUT2D eigenvalue weighted by molar-refractivity contribution is -0.0196.